The maximum Gasteiger partial charge on any atom is 0.216 e. The number of aryl methyl sites for hydroxylation is 1. The van der Waals surface area contributed by atoms with Crippen molar-refractivity contribution in [2.75, 3.05) is 13.7 Å². The molecule has 5 nitrogen and oxygen atoms in total. The van der Waals surface area contributed by atoms with Gasteiger partial charge in [0.2, 0.25) is 9.84 Å². The van der Waals surface area contributed by atoms with E-state index in [0.29, 0.717) is 23.7 Å². The molecule has 2 aromatic rings. The molecule has 0 N–H and O–H groups in total. The number of allylic oxidation sites excluding steroid dienone is 1. The Balaban J connectivity index is 2.51. The largest absolute Gasteiger partial charge is 0.493 e. The van der Waals surface area contributed by atoms with Crippen LogP contribution in [0.15, 0.2) is 52.3 Å². The van der Waals surface area contributed by atoms with Gasteiger partial charge in [-0.15, -0.1) is 0 Å². The fourth-order valence-electron chi connectivity index (χ4n) is 2.44. The fourth-order valence-corrected chi connectivity index (χ4v) is 3.59. The number of benzene rings is 2. The summed E-state index contributed by atoms with van der Waals surface area (Å²) in [4.78, 5) is -0.266. The Morgan fingerprint density at radius 1 is 1.19 bits per heavy atom. The smallest absolute Gasteiger partial charge is 0.216 e. The zero-order chi connectivity index (χ0) is 19.9. The van der Waals surface area contributed by atoms with Gasteiger partial charge >= 0.3 is 0 Å². The van der Waals surface area contributed by atoms with Gasteiger partial charge in [-0.25, -0.2) is 8.42 Å². The number of nitriles is 1. The Morgan fingerprint density at radius 2 is 1.89 bits per heavy atom. The minimum Gasteiger partial charge on any atom is -0.493 e. The summed E-state index contributed by atoms with van der Waals surface area (Å²) in [6, 6.07) is 13.4. The van der Waals surface area contributed by atoms with Crippen LogP contribution in [0, 0.1) is 18.3 Å². The van der Waals surface area contributed by atoms with Gasteiger partial charge < -0.3 is 9.47 Å². The Bertz CT molecular complexity index is 955. The maximum atomic E-state index is 12.8. The fraction of sp³-hybridized carbons (Fsp3) is 0.286. The van der Waals surface area contributed by atoms with Crippen LogP contribution in [0.25, 0.3) is 6.08 Å². The molecule has 0 aliphatic heterocycles. The molecule has 6 heteroatoms. The highest BCUT2D eigenvalue weighted by Gasteiger charge is 2.22. The Hall–Kier alpha value is -2.78. The van der Waals surface area contributed by atoms with Gasteiger partial charge in [0, 0.05) is 5.56 Å². The summed E-state index contributed by atoms with van der Waals surface area (Å²) in [6.45, 7) is 4.40. The average molecular weight is 385 g/mol. The van der Waals surface area contributed by atoms with E-state index < -0.39 is 9.84 Å². The van der Waals surface area contributed by atoms with Crippen LogP contribution in [0.4, 0.5) is 0 Å². The van der Waals surface area contributed by atoms with Crippen LogP contribution in [0.1, 0.15) is 30.9 Å². The molecule has 0 aliphatic carbocycles. The van der Waals surface area contributed by atoms with Gasteiger partial charge in [-0.3, -0.25) is 0 Å². The van der Waals surface area contributed by atoms with Crippen molar-refractivity contribution in [3.05, 3.63) is 58.5 Å². The molecule has 0 spiro atoms. The highest BCUT2D eigenvalue weighted by atomic mass is 32.2. The van der Waals surface area contributed by atoms with E-state index in [1.807, 2.05) is 19.9 Å². The molecule has 0 amide bonds. The van der Waals surface area contributed by atoms with Gasteiger partial charge in [-0.1, -0.05) is 43.2 Å². The molecule has 0 fully saturated rings. The van der Waals surface area contributed by atoms with Crippen LogP contribution in [-0.2, 0) is 9.84 Å². The number of hydrogen-bond acceptors (Lipinski definition) is 5. The lowest BCUT2D eigenvalue weighted by Crippen LogP contribution is -2.05. The standard InChI is InChI=1S/C21H23NO4S/c1-4-5-13-26-21-17(7-6-8-20(21)25-3)14-19(15-22)27(23,24)18-11-9-16(2)10-12-18/h6-12,14H,4-5,13H2,1-3H3. The molecule has 0 atom stereocenters. The van der Waals surface area contributed by atoms with Crippen LogP contribution in [0.3, 0.4) is 0 Å². The first-order valence-electron chi connectivity index (χ1n) is 8.67. The third kappa shape index (κ3) is 4.89. The van der Waals surface area contributed by atoms with Crippen molar-refractivity contribution < 1.29 is 17.9 Å². The van der Waals surface area contributed by atoms with Crippen molar-refractivity contribution in [2.24, 2.45) is 0 Å². The number of rotatable bonds is 8. The summed E-state index contributed by atoms with van der Waals surface area (Å²) in [6.07, 6.45) is 3.15. The third-order valence-electron chi connectivity index (χ3n) is 3.99. The van der Waals surface area contributed by atoms with Crippen LogP contribution in [0.2, 0.25) is 0 Å². The van der Waals surface area contributed by atoms with Crippen molar-refractivity contribution in [2.45, 2.75) is 31.6 Å². The number of para-hydroxylation sites is 1. The molecule has 0 saturated heterocycles. The molecule has 0 radical (unpaired) electrons. The van der Waals surface area contributed by atoms with Crippen molar-refractivity contribution >= 4 is 15.9 Å². The number of hydrogen-bond donors (Lipinski definition) is 0. The van der Waals surface area contributed by atoms with Gasteiger partial charge in [-0.05, 0) is 37.6 Å². The molecular weight excluding hydrogens is 362 g/mol. The molecule has 0 heterocycles. The van der Waals surface area contributed by atoms with E-state index in [-0.39, 0.29) is 9.80 Å². The van der Waals surface area contributed by atoms with Gasteiger partial charge in [0.1, 0.15) is 11.0 Å². The number of methoxy groups -OCH3 is 1. The van der Waals surface area contributed by atoms with Gasteiger partial charge in [0.15, 0.2) is 11.5 Å². The zero-order valence-electron chi connectivity index (χ0n) is 15.7. The summed E-state index contributed by atoms with van der Waals surface area (Å²) < 4.78 is 36.8. The summed E-state index contributed by atoms with van der Waals surface area (Å²) in [5.41, 5.74) is 1.42. The lowest BCUT2D eigenvalue weighted by atomic mass is 10.1. The molecular formula is C21H23NO4S. The first kappa shape index (κ1) is 20.5. The van der Waals surface area contributed by atoms with E-state index in [1.54, 1.807) is 30.3 Å². The second-order valence-corrected chi connectivity index (χ2v) is 7.94. The number of sulfone groups is 1. The third-order valence-corrected chi connectivity index (χ3v) is 5.67. The Kier molecular flexibility index (Phi) is 7.03. The van der Waals surface area contributed by atoms with Gasteiger partial charge in [0.05, 0.1) is 18.6 Å². The maximum absolute atomic E-state index is 12.8. The summed E-state index contributed by atoms with van der Waals surface area (Å²) in [7, 11) is -2.41. The van der Waals surface area contributed by atoms with E-state index in [2.05, 4.69) is 0 Å². The molecule has 0 aliphatic rings. The van der Waals surface area contributed by atoms with Crippen LogP contribution >= 0.6 is 0 Å². The van der Waals surface area contributed by atoms with E-state index in [9.17, 15) is 13.7 Å². The highest BCUT2D eigenvalue weighted by molar-refractivity contribution is 7.95. The number of ether oxygens (including phenoxy) is 2. The second kappa shape index (κ2) is 9.24. The lowest BCUT2D eigenvalue weighted by Gasteiger charge is -2.13. The van der Waals surface area contributed by atoms with Crippen molar-refractivity contribution in [1.29, 1.82) is 5.26 Å². The first-order valence-corrected chi connectivity index (χ1v) is 10.2. The van der Waals surface area contributed by atoms with E-state index in [4.69, 9.17) is 9.47 Å². The minimum atomic E-state index is -3.92. The Labute approximate surface area is 160 Å². The zero-order valence-corrected chi connectivity index (χ0v) is 16.5. The van der Waals surface area contributed by atoms with Crippen molar-refractivity contribution in [3.63, 3.8) is 0 Å². The molecule has 27 heavy (non-hydrogen) atoms. The first-order chi connectivity index (χ1) is 12.9. The summed E-state index contributed by atoms with van der Waals surface area (Å²) in [5, 5.41) is 9.50. The SMILES string of the molecule is CCCCOc1c(C=C(C#N)S(=O)(=O)c2ccc(C)cc2)cccc1OC. The molecule has 2 rings (SSSR count). The van der Waals surface area contributed by atoms with Crippen LogP contribution in [-0.4, -0.2) is 22.1 Å². The van der Waals surface area contributed by atoms with Gasteiger partial charge in [-0.2, -0.15) is 5.26 Å². The molecule has 0 unspecified atom stereocenters. The predicted octanol–water partition coefficient (Wildman–Crippen LogP) is 4.52. The average Bonchev–Trinajstić information content (AvgIpc) is 2.67. The monoisotopic (exact) mass is 385 g/mol. The van der Waals surface area contributed by atoms with Crippen LogP contribution in [0.5, 0.6) is 11.5 Å². The number of unbranched alkanes of at least 4 members (excludes halogenated alkanes) is 1. The molecule has 0 bridgehead atoms. The van der Waals surface area contributed by atoms with E-state index in [0.717, 1.165) is 18.4 Å². The van der Waals surface area contributed by atoms with Crippen LogP contribution < -0.4 is 9.47 Å². The topological polar surface area (TPSA) is 76.4 Å². The molecule has 142 valence electrons. The van der Waals surface area contributed by atoms with Crippen molar-refractivity contribution in [3.8, 4) is 17.6 Å². The molecule has 2 aromatic carbocycles. The summed E-state index contributed by atoms with van der Waals surface area (Å²) >= 11 is 0. The van der Waals surface area contributed by atoms with Gasteiger partial charge in [0.25, 0.3) is 0 Å². The normalized spacial score (nSPS) is 11.7. The lowest BCUT2D eigenvalue weighted by molar-refractivity contribution is 0.287. The predicted molar refractivity (Wildman–Crippen MR) is 105 cm³/mol. The second-order valence-electron chi connectivity index (χ2n) is 6.02. The molecule has 0 saturated carbocycles. The Morgan fingerprint density at radius 3 is 2.48 bits per heavy atom. The quantitative estimate of drug-likeness (QED) is 0.493. The van der Waals surface area contributed by atoms with Crippen molar-refractivity contribution in [1.82, 2.24) is 0 Å². The number of nitrogens with zero attached hydrogens (tertiary/aromatic N) is 1. The van der Waals surface area contributed by atoms with E-state index >= 15 is 0 Å². The highest BCUT2D eigenvalue weighted by Crippen LogP contribution is 2.34. The summed E-state index contributed by atoms with van der Waals surface area (Å²) in [5.74, 6) is 0.921. The minimum absolute atomic E-state index is 0.0808. The molecule has 0 aromatic heterocycles. The van der Waals surface area contributed by atoms with E-state index in [1.165, 1.54) is 25.3 Å².